The largest absolute Gasteiger partial charge is 0.315 e. The van der Waals surface area contributed by atoms with Crippen molar-refractivity contribution in [2.45, 2.75) is 271 Å². The molecule has 0 aromatic carbocycles. The lowest BCUT2D eigenvalue weighted by Crippen LogP contribution is -2.46. The SMILES string of the molecule is CCCCC/C=C\C/C=C\CCCCCCCCC(CNCCCCCC/C=C\C/C=C\CCCCC)N(CCCN(C)C)C[C@@H](CCCCCCC)CCCCCCCC. The average molecular weight is 853 g/mol. The van der Waals surface area contributed by atoms with Crippen LogP contribution in [0.4, 0.5) is 0 Å². The number of rotatable bonds is 50. The van der Waals surface area contributed by atoms with Gasteiger partial charge in [0.25, 0.3) is 0 Å². The quantitative estimate of drug-likeness (QED) is 0.0486. The number of unbranched alkanes of at least 4 members (excludes halogenated alkanes) is 25. The van der Waals surface area contributed by atoms with Gasteiger partial charge in [-0.25, -0.2) is 0 Å². The molecule has 0 bridgehead atoms. The van der Waals surface area contributed by atoms with Crippen LogP contribution in [-0.4, -0.2) is 62.7 Å². The third-order valence-corrected chi connectivity index (χ3v) is 12.9. The van der Waals surface area contributed by atoms with Gasteiger partial charge in [0.1, 0.15) is 0 Å². The summed E-state index contributed by atoms with van der Waals surface area (Å²) in [4.78, 5) is 5.42. The maximum atomic E-state index is 4.04. The lowest BCUT2D eigenvalue weighted by atomic mass is 9.92. The van der Waals surface area contributed by atoms with Gasteiger partial charge in [0.05, 0.1) is 0 Å². The summed E-state index contributed by atoms with van der Waals surface area (Å²) in [5.74, 6) is 0.862. The van der Waals surface area contributed by atoms with E-state index in [1.165, 1.54) is 257 Å². The zero-order valence-electron chi connectivity index (χ0n) is 42.9. The Morgan fingerprint density at radius 2 is 0.754 bits per heavy atom. The first-order valence-electron chi connectivity index (χ1n) is 27.8. The van der Waals surface area contributed by atoms with E-state index in [2.05, 4.69) is 106 Å². The Hall–Kier alpha value is -1.16. The maximum Gasteiger partial charge on any atom is 0.0220 e. The highest BCUT2D eigenvalue weighted by Gasteiger charge is 2.22. The van der Waals surface area contributed by atoms with Gasteiger partial charge in [-0.3, -0.25) is 4.90 Å². The van der Waals surface area contributed by atoms with E-state index in [4.69, 9.17) is 0 Å². The average Bonchev–Trinajstić information content (AvgIpc) is 3.25. The number of nitrogens with zero attached hydrogens (tertiary/aromatic N) is 2. The summed E-state index contributed by atoms with van der Waals surface area (Å²) in [7, 11) is 4.52. The molecule has 0 radical (unpaired) electrons. The summed E-state index contributed by atoms with van der Waals surface area (Å²) < 4.78 is 0. The molecule has 0 aliphatic rings. The predicted molar refractivity (Wildman–Crippen MR) is 280 cm³/mol. The van der Waals surface area contributed by atoms with Crippen LogP contribution < -0.4 is 5.32 Å². The van der Waals surface area contributed by atoms with E-state index in [0.717, 1.165) is 18.8 Å². The van der Waals surface area contributed by atoms with Crippen LogP contribution in [0.5, 0.6) is 0 Å². The molecule has 0 rings (SSSR count). The molecular weight excluding hydrogens is 739 g/mol. The van der Waals surface area contributed by atoms with E-state index in [-0.39, 0.29) is 0 Å². The van der Waals surface area contributed by atoms with E-state index in [9.17, 15) is 0 Å². The topological polar surface area (TPSA) is 18.5 Å². The highest BCUT2D eigenvalue weighted by Crippen LogP contribution is 2.23. The van der Waals surface area contributed by atoms with Gasteiger partial charge in [-0.1, -0.05) is 218 Å². The fraction of sp³-hybridized carbons (Fsp3) is 0.862. The van der Waals surface area contributed by atoms with Crippen molar-refractivity contribution in [3.05, 3.63) is 48.6 Å². The van der Waals surface area contributed by atoms with Crippen LogP contribution in [0.3, 0.4) is 0 Å². The Morgan fingerprint density at radius 1 is 0.377 bits per heavy atom. The molecule has 1 N–H and O–H groups in total. The number of nitrogens with one attached hydrogen (secondary N) is 1. The summed E-state index contributed by atoms with van der Waals surface area (Å²) in [6.07, 6.45) is 69.2. The number of hydrogen-bond donors (Lipinski definition) is 1. The van der Waals surface area contributed by atoms with Crippen LogP contribution >= 0.6 is 0 Å². The predicted octanol–water partition coefficient (Wildman–Crippen LogP) is 18.2. The second-order valence-electron chi connectivity index (χ2n) is 19.4. The van der Waals surface area contributed by atoms with Crippen molar-refractivity contribution in [3.63, 3.8) is 0 Å². The second kappa shape index (κ2) is 51.5. The molecule has 0 saturated heterocycles. The Bertz CT molecular complexity index is 886. The Labute approximate surface area is 386 Å². The molecule has 0 spiro atoms. The summed E-state index contributed by atoms with van der Waals surface area (Å²) in [6.45, 7) is 15.4. The van der Waals surface area contributed by atoms with Gasteiger partial charge in [0.2, 0.25) is 0 Å². The first-order chi connectivity index (χ1) is 30.1. The summed E-state index contributed by atoms with van der Waals surface area (Å²) in [5, 5.41) is 4.04. The highest BCUT2D eigenvalue weighted by atomic mass is 15.2. The van der Waals surface area contributed by atoms with Gasteiger partial charge in [0.15, 0.2) is 0 Å². The number of allylic oxidation sites excluding steroid dienone is 8. The molecule has 0 aliphatic carbocycles. The van der Waals surface area contributed by atoms with Crippen molar-refractivity contribution in [1.29, 1.82) is 0 Å². The first-order valence-corrected chi connectivity index (χ1v) is 27.8. The molecule has 0 amide bonds. The van der Waals surface area contributed by atoms with Gasteiger partial charge in [-0.15, -0.1) is 0 Å². The van der Waals surface area contributed by atoms with Crippen LogP contribution in [0.1, 0.15) is 265 Å². The fourth-order valence-electron chi connectivity index (χ4n) is 8.86. The van der Waals surface area contributed by atoms with Crippen LogP contribution in [0.25, 0.3) is 0 Å². The first kappa shape index (κ1) is 59.8. The fourth-order valence-corrected chi connectivity index (χ4v) is 8.86. The number of hydrogen-bond acceptors (Lipinski definition) is 3. The van der Waals surface area contributed by atoms with Crippen molar-refractivity contribution in [3.8, 4) is 0 Å². The zero-order valence-corrected chi connectivity index (χ0v) is 42.9. The molecule has 61 heavy (non-hydrogen) atoms. The minimum Gasteiger partial charge on any atom is -0.315 e. The van der Waals surface area contributed by atoms with Crippen LogP contribution in [0, 0.1) is 5.92 Å². The van der Waals surface area contributed by atoms with Gasteiger partial charge in [-0.05, 0) is 136 Å². The Morgan fingerprint density at radius 3 is 1.21 bits per heavy atom. The lowest BCUT2D eigenvalue weighted by Gasteiger charge is -2.36. The van der Waals surface area contributed by atoms with Crippen molar-refractivity contribution < 1.29 is 0 Å². The monoisotopic (exact) mass is 852 g/mol. The molecule has 0 aliphatic heterocycles. The van der Waals surface area contributed by atoms with Crippen LogP contribution in [-0.2, 0) is 0 Å². The summed E-state index contributed by atoms with van der Waals surface area (Å²) in [5.41, 5.74) is 0. The van der Waals surface area contributed by atoms with Crippen molar-refractivity contribution in [2.24, 2.45) is 5.92 Å². The third-order valence-electron chi connectivity index (χ3n) is 12.9. The summed E-state index contributed by atoms with van der Waals surface area (Å²) in [6, 6.07) is 0.672. The molecule has 2 atom stereocenters. The van der Waals surface area contributed by atoms with E-state index in [1.807, 2.05) is 0 Å². The molecule has 3 heteroatoms. The van der Waals surface area contributed by atoms with Crippen LogP contribution in [0.2, 0.25) is 0 Å². The van der Waals surface area contributed by atoms with Gasteiger partial charge in [-0.2, -0.15) is 0 Å². The Kier molecular flexibility index (Phi) is 50.5. The van der Waals surface area contributed by atoms with E-state index < -0.39 is 0 Å². The van der Waals surface area contributed by atoms with Crippen LogP contribution in [0.15, 0.2) is 48.6 Å². The van der Waals surface area contributed by atoms with Gasteiger partial charge in [0, 0.05) is 19.1 Å². The van der Waals surface area contributed by atoms with Gasteiger partial charge < -0.3 is 10.2 Å². The lowest BCUT2D eigenvalue weighted by molar-refractivity contribution is 0.137. The normalized spacial score (nSPS) is 13.5. The highest BCUT2D eigenvalue weighted by molar-refractivity contribution is 4.93. The molecule has 0 aromatic rings. The van der Waals surface area contributed by atoms with Gasteiger partial charge >= 0.3 is 0 Å². The molecular formula is C58H113N3. The standard InChI is InChI=1S/C58H113N3/c1-7-11-15-19-22-24-26-28-30-31-32-34-36-38-42-46-51-58(55-59-52-47-43-39-37-35-33-29-27-25-23-20-16-12-8-2)61(54-48-53-60(5)6)56-57(49-44-40-18-14-10-4)50-45-41-21-17-13-9-3/h22-25,28-30,33,57-59H,7-21,26-27,31-32,34-56H2,1-6H3/b24-22-,25-23-,30-28-,33-29-/t57-,58?/m0/s1. The Balaban J connectivity index is 5.21. The van der Waals surface area contributed by atoms with Crippen molar-refractivity contribution >= 4 is 0 Å². The minimum absolute atomic E-state index is 0.672. The molecule has 360 valence electrons. The zero-order chi connectivity index (χ0) is 44.4. The van der Waals surface area contributed by atoms with E-state index >= 15 is 0 Å². The minimum atomic E-state index is 0.672. The maximum absolute atomic E-state index is 4.04. The molecule has 0 heterocycles. The van der Waals surface area contributed by atoms with E-state index in [0.29, 0.717) is 6.04 Å². The summed E-state index contributed by atoms with van der Waals surface area (Å²) >= 11 is 0. The molecule has 0 saturated carbocycles. The second-order valence-corrected chi connectivity index (χ2v) is 19.4. The third kappa shape index (κ3) is 46.6. The molecule has 3 nitrogen and oxygen atoms in total. The van der Waals surface area contributed by atoms with E-state index in [1.54, 1.807) is 0 Å². The van der Waals surface area contributed by atoms with Crippen molar-refractivity contribution in [1.82, 2.24) is 15.1 Å². The molecule has 1 unspecified atom stereocenters. The van der Waals surface area contributed by atoms with Crippen molar-refractivity contribution in [2.75, 3.05) is 46.8 Å². The molecule has 0 fully saturated rings. The smallest absolute Gasteiger partial charge is 0.0220 e. The molecule has 0 aromatic heterocycles.